The maximum Gasteiger partial charge on any atom is 0.330 e. The van der Waals surface area contributed by atoms with Crippen LogP contribution in [0.3, 0.4) is 0 Å². The van der Waals surface area contributed by atoms with Crippen molar-refractivity contribution in [2.45, 2.75) is 26.5 Å². The Kier molecular flexibility index (Phi) is 6.00. The second-order valence-electron chi connectivity index (χ2n) is 6.14. The molecular formula is C19H18ClN5O3. The fourth-order valence-corrected chi connectivity index (χ4v) is 2.43. The number of aromatic nitrogens is 4. The van der Waals surface area contributed by atoms with Crippen molar-refractivity contribution in [1.82, 2.24) is 20.2 Å². The maximum atomic E-state index is 12.1. The largest absolute Gasteiger partial charge is 0.451 e. The highest BCUT2D eigenvalue weighted by Gasteiger charge is 2.19. The van der Waals surface area contributed by atoms with Gasteiger partial charge < -0.3 is 10.1 Å². The summed E-state index contributed by atoms with van der Waals surface area (Å²) in [6.07, 6.45) is -0.983. The monoisotopic (exact) mass is 399 g/mol. The lowest BCUT2D eigenvalue weighted by Gasteiger charge is -2.13. The Hall–Kier alpha value is -3.26. The van der Waals surface area contributed by atoms with Crippen LogP contribution in [0.2, 0.25) is 5.02 Å². The lowest BCUT2D eigenvalue weighted by molar-refractivity contribution is -0.154. The van der Waals surface area contributed by atoms with Crippen molar-refractivity contribution >= 4 is 29.2 Å². The Labute approximate surface area is 166 Å². The molecule has 1 amide bonds. The molecule has 144 valence electrons. The van der Waals surface area contributed by atoms with Crippen LogP contribution in [0.25, 0.3) is 11.4 Å². The normalized spacial score (nSPS) is 11.7. The number of halogens is 1. The van der Waals surface area contributed by atoms with Gasteiger partial charge in [-0.2, -0.15) is 4.80 Å². The molecule has 8 nitrogen and oxygen atoms in total. The quantitative estimate of drug-likeness (QED) is 0.640. The lowest BCUT2D eigenvalue weighted by atomic mass is 10.1. The van der Waals surface area contributed by atoms with Gasteiger partial charge in [0.2, 0.25) is 5.82 Å². The number of carbonyl (C=O) groups is 2. The van der Waals surface area contributed by atoms with Crippen molar-refractivity contribution in [2.75, 3.05) is 5.32 Å². The Balaban J connectivity index is 1.54. The molecule has 0 unspecified atom stereocenters. The smallest absolute Gasteiger partial charge is 0.330 e. The number of hydrogen-bond acceptors (Lipinski definition) is 6. The lowest BCUT2D eigenvalue weighted by Crippen LogP contribution is -2.31. The van der Waals surface area contributed by atoms with Crippen molar-refractivity contribution in [1.29, 1.82) is 0 Å². The van der Waals surface area contributed by atoms with Gasteiger partial charge in [-0.1, -0.05) is 41.4 Å². The molecule has 0 aliphatic carbocycles. The zero-order valence-electron chi connectivity index (χ0n) is 15.3. The molecule has 9 heteroatoms. The molecule has 0 saturated heterocycles. The first-order valence-electron chi connectivity index (χ1n) is 8.51. The SMILES string of the molecule is Cc1ccc(-c2nnn(CC(=O)O[C@@H](C)C(=O)Nc3ccc(Cl)cc3)n2)cc1. The van der Waals surface area contributed by atoms with Gasteiger partial charge in [-0.3, -0.25) is 4.79 Å². The van der Waals surface area contributed by atoms with Gasteiger partial charge in [0.25, 0.3) is 5.91 Å². The molecule has 0 aliphatic heterocycles. The predicted molar refractivity (Wildman–Crippen MR) is 104 cm³/mol. The Morgan fingerprint density at radius 3 is 2.50 bits per heavy atom. The standard InChI is InChI=1S/C19H18ClN5O3/c1-12-3-5-14(6-4-12)18-22-24-25(23-18)11-17(26)28-13(2)19(27)21-16-9-7-15(20)8-10-16/h3-10,13H,11H2,1-2H3,(H,21,27)/t13-/m0/s1. The van der Waals surface area contributed by atoms with Crippen LogP contribution < -0.4 is 5.32 Å². The number of carbonyl (C=O) groups excluding carboxylic acids is 2. The molecule has 0 spiro atoms. The van der Waals surface area contributed by atoms with Crippen LogP contribution >= 0.6 is 11.6 Å². The summed E-state index contributed by atoms with van der Waals surface area (Å²) < 4.78 is 5.14. The van der Waals surface area contributed by atoms with Crippen LogP contribution in [0.1, 0.15) is 12.5 Å². The predicted octanol–water partition coefficient (Wildman–Crippen LogP) is 2.87. The van der Waals surface area contributed by atoms with E-state index in [1.165, 1.54) is 6.92 Å². The van der Waals surface area contributed by atoms with E-state index in [0.29, 0.717) is 16.5 Å². The van der Waals surface area contributed by atoms with Crippen LogP contribution in [-0.4, -0.2) is 38.2 Å². The van der Waals surface area contributed by atoms with Gasteiger partial charge in [-0.25, -0.2) is 4.79 Å². The number of ether oxygens (including phenoxy) is 1. The molecule has 2 aromatic carbocycles. The van der Waals surface area contributed by atoms with Gasteiger partial charge in [0.05, 0.1) is 0 Å². The number of benzene rings is 2. The third-order valence-corrected chi connectivity index (χ3v) is 4.07. The second-order valence-corrected chi connectivity index (χ2v) is 6.57. The van der Waals surface area contributed by atoms with Gasteiger partial charge in [0, 0.05) is 16.3 Å². The minimum absolute atomic E-state index is 0.253. The van der Waals surface area contributed by atoms with Crippen molar-refractivity contribution in [3.05, 3.63) is 59.1 Å². The molecule has 1 N–H and O–H groups in total. The average Bonchev–Trinajstić information content (AvgIpc) is 3.12. The minimum atomic E-state index is -0.983. The second kappa shape index (κ2) is 8.62. The van der Waals surface area contributed by atoms with Crippen LogP contribution in [0.4, 0.5) is 5.69 Å². The molecule has 0 bridgehead atoms. The number of rotatable bonds is 6. The van der Waals surface area contributed by atoms with Gasteiger partial charge in [-0.05, 0) is 43.3 Å². The fraction of sp³-hybridized carbons (Fsp3) is 0.211. The molecule has 28 heavy (non-hydrogen) atoms. The van der Waals surface area contributed by atoms with E-state index in [2.05, 4.69) is 20.7 Å². The zero-order valence-corrected chi connectivity index (χ0v) is 16.1. The summed E-state index contributed by atoms with van der Waals surface area (Å²) in [6.45, 7) is 3.21. The summed E-state index contributed by atoms with van der Waals surface area (Å²) in [7, 11) is 0. The van der Waals surface area contributed by atoms with Crippen molar-refractivity contribution in [2.24, 2.45) is 0 Å². The summed E-state index contributed by atoms with van der Waals surface area (Å²) in [4.78, 5) is 25.3. The summed E-state index contributed by atoms with van der Waals surface area (Å²) in [5.41, 5.74) is 2.46. The summed E-state index contributed by atoms with van der Waals surface area (Å²) in [5.74, 6) is -0.699. The molecule has 3 rings (SSSR count). The van der Waals surface area contributed by atoms with Crippen molar-refractivity contribution in [3.8, 4) is 11.4 Å². The van der Waals surface area contributed by atoms with Crippen molar-refractivity contribution in [3.63, 3.8) is 0 Å². The summed E-state index contributed by atoms with van der Waals surface area (Å²) in [5, 5.41) is 15.1. The van der Waals surface area contributed by atoms with E-state index < -0.39 is 18.0 Å². The number of hydrogen-bond donors (Lipinski definition) is 1. The van der Waals surface area contributed by atoms with Crippen LogP contribution in [0, 0.1) is 6.92 Å². The fourth-order valence-electron chi connectivity index (χ4n) is 2.31. The molecular weight excluding hydrogens is 382 g/mol. The summed E-state index contributed by atoms with van der Waals surface area (Å²) >= 11 is 5.80. The van der Waals surface area contributed by atoms with E-state index >= 15 is 0 Å². The third kappa shape index (κ3) is 5.14. The highest BCUT2D eigenvalue weighted by atomic mass is 35.5. The first kappa shape index (κ1) is 19.5. The number of nitrogens with one attached hydrogen (secondary N) is 1. The third-order valence-electron chi connectivity index (χ3n) is 3.82. The van der Waals surface area contributed by atoms with Crippen LogP contribution in [-0.2, 0) is 20.9 Å². The van der Waals surface area contributed by atoms with E-state index in [0.717, 1.165) is 15.9 Å². The van der Waals surface area contributed by atoms with E-state index in [9.17, 15) is 9.59 Å². The molecule has 0 radical (unpaired) electrons. The summed E-state index contributed by atoms with van der Waals surface area (Å²) in [6, 6.07) is 14.2. The highest BCUT2D eigenvalue weighted by Crippen LogP contribution is 2.15. The highest BCUT2D eigenvalue weighted by molar-refractivity contribution is 6.30. The first-order chi connectivity index (χ1) is 13.4. The Morgan fingerprint density at radius 2 is 1.82 bits per heavy atom. The minimum Gasteiger partial charge on any atom is -0.451 e. The average molecular weight is 400 g/mol. The van der Waals surface area contributed by atoms with Crippen molar-refractivity contribution < 1.29 is 14.3 Å². The van der Waals surface area contributed by atoms with Gasteiger partial charge in [0.1, 0.15) is 0 Å². The molecule has 1 atom stereocenters. The molecule has 0 saturated carbocycles. The molecule has 3 aromatic rings. The topological polar surface area (TPSA) is 99.0 Å². The van der Waals surface area contributed by atoms with E-state index in [1.807, 2.05) is 31.2 Å². The van der Waals surface area contributed by atoms with Gasteiger partial charge >= 0.3 is 5.97 Å². The van der Waals surface area contributed by atoms with Gasteiger partial charge in [0.15, 0.2) is 12.6 Å². The Bertz CT molecular complexity index is 970. The number of amides is 1. The number of nitrogens with zero attached hydrogens (tertiary/aromatic N) is 4. The number of esters is 1. The van der Waals surface area contributed by atoms with Crippen LogP contribution in [0.5, 0.6) is 0 Å². The van der Waals surface area contributed by atoms with Crippen LogP contribution in [0.15, 0.2) is 48.5 Å². The number of tetrazole rings is 1. The van der Waals surface area contributed by atoms with Gasteiger partial charge in [-0.15, -0.1) is 10.2 Å². The first-order valence-corrected chi connectivity index (χ1v) is 8.89. The molecule has 0 aliphatic rings. The maximum absolute atomic E-state index is 12.1. The molecule has 1 heterocycles. The Morgan fingerprint density at radius 1 is 1.14 bits per heavy atom. The van der Waals surface area contributed by atoms with E-state index in [-0.39, 0.29) is 6.54 Å². The number of anilines is 1. The van der Waals surface area contributed by atoms with E-state index in [4.69, 9.17) is 16.3 Å². The number of aryl methyl sites for hydroxylation is 1. The van der Waals surface area contributed by atoms with E-state index in [1.54, 1.807) is 24.3 Å². The zero-order chi connectivity index (χ0) is 20.1. The molecule has 1 aromatic heterocycles. The molecule has 0 fully saturated rings.